The van der Waals surface area contributed by atoms with Crippen LogP contribution in [-0.2, 0) is 37.7 Å². The Balaban J connectivity index is 1.88. The van der Waals surface area contributed by atoms with Crippen molar-refractivity contribution in [2.75, 3.05) is 0 Å². The van der Waals surface area contributed by atoms with E-state index in [1.165, 1.54) is 0 Å². The Kier molecular flexibility index (Phi) is 6.73. The smallest absolute Gasteiger partial charge is 0.304 e. The average Bonchev–Trinajstić information content (AvgIpc) is 2.57. The molecule has 6 heteroatoms. The second-order valence-electron chi connectivity index (χ2n) is 8.40. The van der Waals surface area contributed by atoms with E-state index in [2.05, 4.69) is 51.5 Å². The fraction of sp³-hybridized carbons (Fsp3) is 0.500. The highest BCUT2D eigenvalue weighted by molar-refractivity contribution is 7.33. The highest BCUT2D eigenvalue weighted by Crippen LogP contribution is 2.29. The molecule has 0 fully saturated rings. The monoisotopic (exact) mass is 376 g/mol. The fourth-order valence-corrected chi connectivity index (χ4v) is 2.97. The maximum absolute atomic E-state index is 12.0. The third kappa shape index (κ3) is 6.31. The first kappa shape index (κ1) is 20.8. The third-order valence-corrected chi connectivity index (χ3v) is 4.80. The predicted octanol–water partition coefficient (Wildman–Crippen LogP) is 5.19. The Hall–Kier alpha value is -1.55. The summed E-state index contributed by atoms with van der Waals surface area (Å²) in [5.74, 6) is 0. The lowest BCUT2D eigenvalue weighted by Crippen LogP contribution is -2.12. The number of aromatic nitrogens is 2. The van der Waals surface area contributed by atoms with E-state index in [-0.39, 0.29) is 24.0 Å². The van der Waals surface area contributed by atoms with Gasteiger partial charge in [0.05, 0.1) is 24.6 Å². The summed E-state index contributed by atoms with van der Waals surface area (Å²) in [6.45, 7) is 13.1. The SMILES string of the molecule is CC(C)(C)c1ccnc(CO[PH](=O)OCc2cc(C(C)(C)C)ccn2)c1. The van der Waals surface area contributed by atoms with Crippen molar-refractivity contribution >= 4 is 8.25 Å². The molecule has 0 bridgehead atoms. The lowest BCUT2D eigenvalue weighted by Gasteiger charge is -2.19. The second kappa shape index (κ2) is 8.43. The zero-order valence-corrected chi connectivity index (χ0v) is 17.5. The van der Waals surface area contributed by atoms with Crippen LogP contribution in [0.25, 0.3) is 0 Å². The number of hydrogen-bond donors (Lipinski definition) is 0. The molecule has 142 valence electrons. The van der Waals surface area contributed by atoms with Crippen molar-refractivity contribution < 1.29 is 13.6 Å². The second-order valence-corrected chi connectivity index (χ2v) is 9.48. The van der Waals surface area contributed by atoms with Gasteiger partial charge < -0.3 is 9.05 Å². The van der Waals surface area contributed by atoms with E-state index in [0.29, 0.717) is 0 Å². The van der Waals surface area contributed by atoms with Crippen LogP contribution >= 0.6 is 8.25 Å². The van der Waals surface area contributed by atoms with Gasteiger partial charge in [-0.05, 0) is 46.2 Å². The highest BCUT2D eigenvalue weighted by Gasteiger charge is 2.15. The lowest BCUT2D eigenvalue weighted by molar-refractivity contribution is 0.209. The van der Waals surface area contributed by atoms with E-state index in [1.54, 1.807) is 12.4 Å². The minimum atomic E-state index is -2.61. The summed E-state index contributed by atoms with van der Waals surface area (Å²) >= 11 is 0. The summed E-state index contributed by atoms with van der Waals surface area (Å²) in [6.07, 6.45) is 3.50. The van der Waals surface area contributed by atoms with E-state index in [0.717, 1.165) is 22.5 Å². The Morgan fingerprint density at radius 2 is 1.19 bits per heavy atom. The normalized spacial score (nSPS) is 12.6. The summed E-state index contributed by atoms with van der Waals surface area (Å²) in [5.41, 5.74) is 3.87. The molecule has 2 aromatic heterocycles. The molecular weight excluding hydrogens is 347 g/mol. The van der Waals surface area contributed by atoms with E-state index in [9.17, 15) is 4.57 Å². The van der Waals surface area contributed by atoms with Crippen LogP contribution in [0.4, 0.5) is 0 Å². The molecule has 0 amide bonds. The molecular formula is C20H29N2O3P. The van der Waals surface area contributed by atoms with Crippen molar-refractivity contribution in [1.82, 2.24) is 9.97 Å². The van der Waals surface area contributed by atoms with E-state index < -0.39 is 8.25 Å². The molecule has 0 spiro atoms. The van der Waals surface area contributed by atoms with Crippen LogP contribution in [0.3, 0.4) is 0 Å². The van der Waals surface area contributed by atoms with Gasteiger partial charge in [-0.1, -0.05) is 41.5 Å². The maximum atomic E-state index is 12.0. The minimum Gasteiger partial charge on any atom is -0.304 e. The molecule has 26 heavy (non-hydrogen) atoms. The first-order valence-electron chi connectivity index (χ1n) is 8.76. The van der Waals surface area contributed by atoms with Gasteiger partial charge in [0.25, 0.3) is 0 Å². The molecule has 2 aromatic rings. The summed E-state index contributed by atoms with van der Waals surface area (Å²) in [6, 6.07) is 7.92. The highest BCUT2D eigenvalue weighted by atomic mass is 31.1. The van der Waals surface area contributed by atoms with Crippen LogP contribution in [0, 0.1) is 0 Å². The van der Waals surface area contributed by atoms with E-state index in [1.807, 2.05) is 24.3 Å². The molecule has 0 unspecified atom stereocenters. The molecule has 0 saturated carbocycles. The quantitative estimate of drug-likeness (QED) is 0.649. The van der Waals surface area contributed by atoms with E-state index in [4.69, 9.17) is 9.05 Å². The molecule has 0 aromatic carbocycles. The minimum absolute atomic E-state index is 0.0309. The molecule has 0 saturated heterocycles. The van der Waals surface area contributed by atoms with Gasteiger partial charge in [-0.3, -0.25) is 14.5 Å². The van der Waals surface area contributed by atoms with Crippen molar-refractivity contribution in [3.63, 3.8) is 0 Å². The standard InChI is InChI=1S/C20H29N2O3P/c1-19(2,3)15-7-9-21-17(11-15)13-24-26(23)25-14-18-12-16(8-10-22-18)20(4,5)6/h7-12,26H,13-14H2,1-6H3. The molecule has 0 aliphatic carbocycles. The number of rotatable bonds is 6. The van der Waals surface area contributed by atoms with Crippen LogP contribution in [0.15, 0.2) is 36.7 Å². The van der Waals surface area contributed by atoms with Gasteiger partial charge in [-0.25, -0.2) is 0 Å². The van der Waals surface area contributed by atoms with Gasteiger partial charge in [0, 0.05) is 12.4 Å². The van der Waals surface area contributed by atoms with Gasteiger partial charge in [0.15, 0.2) is 0 Å². The Morgan fingerprint density at radius 1 is 0.808 bits per heavy atom. The van der Waals surface area contributed by atoms with Crippen LogP contribution < -0.4 is 0 Å². The van der Waals surface area contributed by atoms with Gasteiger partial charge in [-0.2, -0.15) is 0 Å². The van der Waals surface area contributed by atoms with Crippen LogP contribution in [0.2, 0.25) is 0 Å². The summed E-state index contributed by atoms with van der Waals surface area (Å²) in [4.78, 5) is 8.53. The van der Waals surface area contributed by atoms with Crippen molar-refractivity contribution in [2.24, 2.45) is 0 Å². The summed E-state index contributed by atoms with van der Waals surface area (Å²) < 4.78 is 22.7. The topological polar surface area (TPSA) is 61.3 Å². The molecule has 0 N–H and O–H groups in total. The number of pyridine rings is 2. The zero-order valence-electron chi connectivity index (χ0n) is 16.5. The first-order chi connectivity index (χ1) is 12.1. The molecule has 0 aliphatic rings. The summed E-state index contributed by atoms with van der Waals surface area (Å²) in [5, 5.41) is 0. The molecule has 0 aliphatic heterocycles. The van der Waals surface area contributed by atoms with Crippen molar-refractivity contribution in [3.8, 4) is 0 Å². The Bertz CT molecular complexity index is 701. The maximum Gasteiger partial charge on any atom is 0.319 e. The third-order valence-electron chi connectivity index (χ3n) is 4.04. The number of hydrogen-bond acceptors (Lipinski definition) is 5. The van der Waals surface area contributed by atoms with E-state index >= 15 is 0 Å². The largest absolute Gasteiger partial charge is 0.319 e. The van der Waals surface area contributed by atoms with Crippen molar-refractivity contribution in [3.05, 3.63) is 59.2 Å². The molecule has 2 rings (SSSR count). The fourth-order valence-electron chi connectivity index (χ4n) is 2.35. The molecule has 2 heterocycles. The van der Waals surface area contributed by atoms with Crippen molar-refractivity contribution in [2.45, 2.75) is 65.6 Å². The number of nitrogens with zero attached hydrogens (tertiary/aromatic N) is 2. The Labute approximate surface area is 157 Å². The predicted molar refractivity (Wildman–Crippen MR) is 104 cm³/mol. The molecule has 5 nitrogen and oxygen atoms in total. The van der Waals surface area contributed by atoms with Gasteiger partial charge in [-0.15, -0.1) is 0 Å². The molecule has 0 atom stereocenters. The van der Waals surface area contributed by atoms with Crippen LogP contribution in [0.1, 0.15) is 64.1 Å². The van der Waals surface area contributed by atoms with Gasteiger partial charge in [0.1, 0.15) is 0 Å². The molecule has 0 radical (unpaired) electrons. The van der Waals surface area contributed by atoms with Crippen LogP contribution in [-0.4, -0.2) is 9.97 Å². The zero-order chi connectivity index (χ0) is 19.4. The lowest BCUT2D eigenvalue weighted by atomic mass is 9.87. The van der Waals surface area contributed by atoms with Crippen LogP contribution in [0.5, 0.6) is 0 Å². The summed E-state index contributed by atoms with van der Waals surface area (Å²) in [7, 11) is -2.61. The first-order valence-corrected chi connectivity index (χ1v) is 9.98. The van der Waals surface area contributed by atoms with Gasteiger partial charge in [0.2, 0.25) is 0 Å². The Morgan fingerprint density at radius 3 is 1.54 bits per heavy atom. The van der Waals surface area contributed by atoms with Gasteiger partial charge >= 0.3 is 8.25 Å². The van der Waals surface area contributed by atoms with Crippen molar-refractivity contribution in [1.29, 1.82) is 0 Å². The average molecular weight is 376 g/mol.